The highest BCUT2D eigenvalue weighted by Gasteiger charge is 2.17. The van der Waals surface area contributed by atoms with E-state index < -0.39 is 10.0 Å². The molecule has 6 nitrogen and oxygen atoms in total. The first-order valence-corrected chi connectivity index (χ1v) is 8.28. The smallest absolute Gasteiger partial charge is 0.264 e. The number of hydrogen-bond acceptors (Lipinski definition) is 5. The van der Waals surface area contributed by atoms with Gasteiger partial charge in [0.1, 0.15) is 0 Å². The Kier molecular flexibility index (Phi) is 4.48. The van der Waals surface area contributed by atoms with Crippen LogP contribution in [0.4, 0.5) is 5.95 Å². The summed E-state index contributed by atoms with van der Waals surface area (Å²) < 4.78 is 32.9. The SMILES string of the molecule is COc1cc(C)nc(NS(=O)(=O)c2ccc(Br)c(C)c2)n1. The van der Waals surface area contributed by atoms with Crippen LogP contribution in [0, 0.1) is 13.8 Å². The molecule has 0 radical (unpaired) electrons. The van der Waals surface area contributed by atoms with Gasteiger partial charge in [0.05, 0.1) is 12.0 Å². The number of rotatable bonds is 4. The van der Waals surface area contributed by atoms with Gasteiger partial charge in [-0.15, -0.1) is 0 Å². The van der Waals surface area contributed by atoms with Gasteiger partial charge in [0.2, 0.25) is 11.8 Å². The van der Waals surface area contributed by atoms with Gasteiger partial charge in [0.25, 0.3) is 10.0 Å². The van der Waals surface area contributed by atoms with Crippen molar-refractivity contribution in [3.05, 3.63) is 40.0 Å². The predicted molar refractivity (Wildman–Crippen MR) is 83.0 cm³/mol. The summed E-state index contributed by atoms with van der Waals surface area (Å²) in [7, 11) is -2.29. The average molecular weight is 372 g/mol. The van der Waals surface area contributed by atoms with Crippen LogP contribution in [0.25, 0.3) is 0 Å². The number of halogens is 1. The van der Waals surface area contributed by atoms with E-state index in [-0.39, 0.29) is 10.8 Å². The van der Waals surface area contributed by atoms with Crippen LogP contribution >= 0.6 is 15.9 Å². The molecule has 1 heterocycles. The van der Waals surface area contributed by atoms with Crippen molar-refractivity contribution in [2.45, 2.75) is 18.7 Å². The van der Waals surface area contributed by atoms with Gasteiger partial charge in [-0.1, -0.05) is 15.9 Å². The van der Waals surface area contributed by atoms with E-state index in [1.54, 1.807) is 25.1 Å². The molecule has 0 bridgehead atoms. The van der Waals surface area contributed by atoms with E-state index >= 15 is 0 Å². The summed E-state index contributed by atoms with van der Waals surface area (Å²) in [5.41, 5.74) is 1.42. The number of nitrogens with one attached hydrogen (secondary N) is 1. The van der Waals surface area contributed by atoms with Gasteiger partial charge in [-0.05, 0) is 37.6 Å². The van der Waals surface area contributed by atoms with Crippen LogP contribution in [0.1, 0.15) is 11.3 Å². The largest absolute Gasteiger partial charge is 0.481 e. The third-order valence-electron chi connectivity index (χ3n) is 2.71. The van der Waals surface area contributed by atoms with Gasteiger partial charge >= 0.3 is 0 Å². The molecule has 21 heavy (non-hydrogen) atoms. The van der Waals surface area contributed by atoms with Gasteiger partial charge in [-0.3, -0.25) is 0 Å². The molecule has 0 spiro atoms. The summed E-state index contributed by atoms with van der Waals surface area (Å²) in [4.78, 5) is 8.16. The Balaban J connectivity index is 2.37. The summed E-state index contributed by atoms with van der Waals surface area (Å²) in [6.07, 6.45) is 0. The van der Waals surface area contributed by atoms with E-state index in [2.05, 4.69) is 30.6 Å². The van der Waals surface area contributed by atoms with Crippen molar-refractivity contribution in [3.63, 3.8) is 0 Å². The molecule has 0 aliphatic carbocycles. The molecule has 0 atom stereocenters. The number of hydrogen-bond donors (Lipinski definition) is 1. The van der Waals surface area contributed by atoms with E-state index in [0.717, 1.165) is 10.0 Å². The third kappa shape index (κ3) is 3.70. The minimum absolute atomic E-state index is 0.0209. The first kappa shape index (κ1) is 15.7. The van der Waals surface area contributed by atoms with Crippen LogP contribution < -0.4 is 9.46 Å². The Labute approximate surface area is 131 Å². The highest BCUT2D eigenvalue weighted by Crippen LogP contribution is 2.22. The molecule has 8 heteroatoms. The average Bonchev–Trinajstić information content (AvgIpc) is 2.40. The monoisotopic (exact) mass is 371 g/mol. The quantitative estimate of drug-likeness (QED) is 0.893. The lowest BCUT2D eigenvalue weighted by molar-refractivity contribution is 0.397. The minimum Gasteiger partial charge on any atom is -0.481 e. The number of ether oxygens (including phenoxy) is 1. The summed E-state index contributed by atoms with van der Waals surface area (Å²) in [5, 5.41) is 0. The molecule has 0 saturated carbocycles. The third-order valence-corrected chi connectivity index (χ3v) is 4.92. The lowest BCUT2D eigenvalue weighted by Crippen LogP contribution is -2.15. The highest BCUT2D eigenvalue weighted by atomic mass is 79.9. The molecular formula is C13H14BrN3O3S. The van der Waals surface area contributed by atoms with Crippen LogP contribution in [-0.4, -0.2) is 25.5 Å². The fraction of sp³-hybridized carbons (Fsp3) is 0.231. The van der Waals surface area contributed by atoms with Crippen molar-refractivity contribution in [1.82, 2.24) is 9.97 Å². The van der Waals surface area contributed by atoms with Crippen LogP contribution in [0.2, 0.25) is 0 Å². The Morgan fingerprint density at radius 1 is 1.19 bits per heavy atom. The molecule has 0 aliphatic rings. The van der Waals surface area contributed by atoms with Gasteiger partial charge in [-0.25, -0.2) is 18.1 Å². The second-order valence-electron chi connectivity index (χ2n) is 4.39. The molecule has 0 aliphatic heterocycles. The number of sulfonamides is 1. The zero-order valence-corrected chi connectivity index (χ0v) is 14.1. The fourth-order valence-electron chi connectivity index (χ4n) is 1.65. The van der Waals surface area contributed by atoms with Crippen LogP contribution in [-0.2, 0) is 10.0 Å². The molecule has 1 aromatic carbocycles. The summed E-state index contributed by atoms with van der Waals surface area (Å²) in [5.74, 6) is 0.277. The number of aromatic nitrogens is 2. The first-order valence-electron chi connectivity index (χ1n) is 6.00. The maximum atomic E-state index is 12.3. The standard InChI is InChI=1S/C13H14BrN3O3S/c1-8-6-10(4-5-11(8)14)21(18,19)17-13-15-9(2)7-12(16-13)20-3/h4-7H,1-3H3,(H,15,16,17). The van der Waals surface area contributed by atoms with E-state index in [9.17, 15) is 8.42 Å². The molecule has 112 valence electrons. The van der Waals surface area contributed by atoms with Crippen molar-refractivity contribution in [3.8, 4) is 5.88 Å². The van der Waals surface area contributed by atoms with Gasteiger partial charge in [0, 0.05) is 16.2 Å². The molecule has 1 N–H and O–H groups in total. The number of aryl methyl sites for hydroxylation is 2. The zero-order chi connectivity index (χ0) is 15.6. The first-order chi connectivity index (χ1) is 9.81. The summed E-state index contributed by atoms with van der Waals surface area (Å²) >= 11 is 3.33. The van der Waals surface area contributed by atoms with Crippen molar-refractivity contribution < 1.29 is 13.2 Å². The predicted octanol–water partition coefficient (Wildman–Crippen LogP) is 2.67. The van der Waals surface area contributed by atoms with E-state index in [1.807, 2.05) is 6.92 Å². The number of anilines is 1. The van der Waals surface area contributed by atoms with Gasteiger partial charge < -0.3 is 4.74 Å². The van der Waals surface area contributed by atoms with E-state index in [4.69, 9.17) is 4.74 Å². The van der Waals surface area contributed by atoms with Crippen molar-refractivity contribution in [2.24, 2.45) is 0 Å². The van der Waals surface area contributed by atoms with Crippen LogP contribution in [0.5, 0.6) is 5.88 Å². The Bertz CT molecular complexity index is 778. The fourth-order valence-corrected chi connectivity index (χ4v) is 2.93. The molecule has 0 saturated heterocycles. The second kappa shape index (κ2) is 5.98. The van der Waals surface area contributed by atoms with E-state index in [1.165, 1.54) is 13.2 Å². The molecule has 1 aromatic heterocycles. The Morgan fingerprint density at radius 2 is 1.90 bits per heavy atom. The lowest BCUT2D eigenvalue weighted by atomic mass is 10.2. The second-order valence-corrected chi connectivity index (χ2v) is 6.93. The molecule has 0 unspecified atom stereocenters. The Hall–Kier alpha value is -1.67. The minimum atomic E-state index is -3.75. The van der Waals surface area contributed by atoms with Crippen molar-refractivity contribution >= 4 is 31.9 Å². The zero-order valence-electron chi connectivity index (χ0n) is 11.7. The van der Waals surface area contributed by atoms with Gasteiger partial charge in [-0.2, -0.15) is 4.98 Å². The Morgan fingerprint density at radius 3 is 2.52 bits per heavy atom. The normalized spacial score (nSPS) is 11.2. The summed E-state index contributed by atoms with van der Waals surface area (Å²) in [6, 6.07) is 6.37. The molecule has 2 rings (SSSR count). The summed E-state index contributed by atoms with van der Waals surface area (Å²) in [6.45, 7) is 3.54. The maximum absolute atomic E-state index is 12.3. The molecular weight excluding hydrogens is 358 g/mol. The van der Waals surface area contributed by atoms with Crippen LogP contribution in [0.3, 0.4) is 0 Å². The molecule has 0 amide bonds. The van der Waals surface area contributed by atoms with Crippen molar-refractivity contribution in [2.75, 3.05) is 11.8 Å². The highest BCUT2D eigenvalue weighted by molar-refractivity contribution is 9.10. The maximum Gasteiger partial charge on any atom is 0.264 e. The number of nitrogens with zero attached hydrogens (tertiary/aromatic N) is 2. The van der Waals surface area contributed by atoms with Crippen molar-refractivity contribution in [1.29, 1.82) is 0 Å². The topological polar surface area (TPSA) is 81.2 Å². The van der Waals surface area contributed by atoms with Crippen LogP contribution in [0.15, 0.2) is 33.6 Å². The van der Waals surface area contributed by atoms with E-state index in [0.29, 0.717) is 11.6 Å². The molecule has 2 aromatic rings. The molecule has 0 fully saturated rings. The lowest BCUT2D eigenvalue weighted by Gasteiger charge is -2.09. The van der Waals surface area contributed by atoms with Gasteiger partial charge in [0.15, 0.2) is 0 Å². The number of benzene rings is 1. The number of methoxy groups -OCH3 is 1.